The lowest BCUT2D eigenvalue weighted by Crippen LogP contribution is -2.30. The van der Waals surface area contributed by atoms with Gasteiger partial charge in [0.05, 0.1) is 21.7 Å². The molecule has 1 aromatic heterocycles. The molecule has 36 heavy (non-hydrogen) atoms. The van der Waals surface area contributed by atoms with Crippen LogP contribution >= 0.6 is 0 Å². The largest absolute Gasteiger partial charge is 0.416 e. The first-order valence-corrected chi connectivity index (χ1v) is 12.3. The Morgan fingerprint density at radius 3 is 1.83 bits per heavy atom. The van der Waals surface area contributed by atoms with Crippen molar-refractivity contribution in [2.24, 2.45) is 0 Å². The molecule has 0 atom stereocenters. The number of nitrogens with one attached hydrogen (secondary N) is 1. The van der Waals surface area contributed by atoms with Gasteiger partial charge in [-0.3, -0.25) is 4.72 Å². The lowest BCUT2D eigenvalue weighted by Gasteiger charge is -2.27. The first kappa shape index (κ1) is 25.7. The Balaban J connectivity index is 1.54. The van der Waals surface area contributed by atoms with E-state index >= 15 is 0 Å². The van der Waals surface area contributed by atoms with Gasteiger partial charge in [-0.2, -0.15) is 26.3 Å². The summed E-state index contributed by atoms with van der Waals surface area (Å²) in [4.78, 5) is 0.976. The van der Waals surface area contributed by atoms with Crippen LogP contribution in [0.5, 0.6) is 0 Å². The molecule has 2 aromatic carbocycles. The van der Waals surface area contributed by atoms with Crippen LogP contribution in [0.1, 0.15) is 30.4 Å². The molecule has 0 radical (unpaired) electrons. The molecule has 0 saturated carbocycles. The molecule has 6 nitrogen and oxygen atoms in total. The minimum atomic E-state index is -5.17. The van der Waals surface area contributed by atoms with Gasteiger partial charge in [-0.15, -0.1) is 10.2 Å². The van der Waals surface area contributed by atoms with Crippen LogP contribution in [-0.4, -0.2) is 31.7 Å². The van der Waals surface area contributed by atoms with Gasteiger partial charge in [0.25, 0.3) is 10.0 Å². The highest BCUT2D eigenvalue weighted by molar-refractivity contribution is 7.92. The Morgan fingerprint density at radius 2 is 1.33 bits per heavy atom. The molecule has 4 rings (SSSR count). The van der Waals surface area contributed by atoms with Gasteiger partial charge in [0, 0.05) is 24.3 Å². The van der Waals surface area contributed by atoms with Crippen molar-refractivity contribution in [3.8, 4) is 11.3 Å². The number of hydrogen-bond acceptors (Lipinski definition) is 5. The number of nitrogens with zero attached hydrogens (tertiary/aromatic N) is 3. The van der Waals surface area contributed by atoms with E-state index in [9.17, 15) is 34.8 Å². The van der Waals surface area contributed by atoms with Crippen LogP contribution in [0.25, 0.3) is 11.3 Å². The van der Waals surface area contributed by atoms with Crippen LogP contribution in [0.2, 0.25) is 0 Å². The van der Waals surface area contributed by atoms with Gasteiger partial charge in [0.15, 0.2) is 5.82 Å². The zero-order valence-electron chi connectivity index (χ0n) is 18.6. The molecule has 1 aliphatic heterocycles. The topological polar surface area (TPSA) is 75.2 Å². The summed E-state index contributed by atoms with van der Waals surface area (Å²) in [7, 11) is -4.76. The van der Waals surface area contributed by atoms with Gasteiger partial charge in [-0.25, -0.2) is 8.42 Å². The highest BCUT2D eigenvalue weighted by Crippen LogP contribution is 2.37. The zero-order valence-corrected chi connectivity index (χ0v) is 19.4. The predicted octanol–water partition coefficient (Wildman–Crippen LogP) is 5.97. The second-order valence-electron chi connectivity index (χ2n) is 8.25. The van der Waals surface area contributed by atoms with E-state index in [1.54, 1.807) is 6.07 Å². The molecule has 0 aliphatic carbocycles. The maximum Gasteiger partial charge on any atom is 0.416 e. The summed E-state index contributed by atoms with van der Waals surface area (Å²) in [5, 5.41) is 8.43. The molecule has 13 heteroatoms. The van der Waals surface area contributed by atoms with E-state index in [1.165, 1.54) is 30.7 Å². The predicted molar refractivity (Wildman–Crippen MR) is 121 cm³/mol. The Morgan fingerprint density at radius 1 is 0.750 bits per heavy atom. The standard InChI is InChI=1S/C23H20F6N4O2S/c24-22(25,26)16-12-17(23(27,28)29)14-19(13-16)36(34,35)32-18-6-4-15(5-7-18)20-8-9-21(31-30-20)33-10-2-1-3-11-33/h4-9,12-14,32H,1-3,10-11H2. The zero-order chi connectivity index (χ0) is 26.1. The maximum absolute atomic E-state index is 13.1. The molecule has 0 amide bonds. The highest BCUT2D eigenvalue weighted by Gasteiger charge is 2.38. The van der Waals surface area contributed by atoms with Crippen LogP contribution in [0.15, 0.2) is 59.5 Å². The van der Waals surface area contributed by atoms with E-state index in [0.717, 1.165) is 31.7 Å². The molecule has 0 spiro atoms. The summed E-state index contributed by atoms with van der Waals surface area (Å²) in [6.45, 7) is 1.80. The summed E-state index contributed by atoms with van der Waals surface area (Å²) in [6.07, 6.45) is -7.00. The number of halogens is 6. The van der Waals surface area contributed by atoms with Crippen LogP contribution in [-0.2, 0) is 22.4 Å². The van der Waals surface area contributed by atoms with E-state index in [0.29, 0.717) is 11.3 Å². The number of alkyl halides is 6. The summed E-state index contributed by atoms with van der Waals surface area (Å²) >= 11 is 0. The first-order chi connectivity index (χ1) is 16.8. The third-order valence-corrected chi connectivity index (χ3v) is 7.00. The normalized spacial score (nSPS) is 15.1. The lowest BCUT2D eigenvalue weighted by atomic mass is 10.1. The highest BCUT2D eigenvalue weighted by atomic mass is 32.2. The van der Waals surface area contributed by atoms with E-state index in [2.05, 4.69) is 15.1 Å². The van der Waals surface area contributed by atoms with Crippen LogP contribution in [0.3, 0.4) is 0 Å². The van der Waals surface area contributed by atoms with Gasteiger partial charge in [0.1, 0.15) is 0 Å². The quantitative estimate of drug-likeness (QED) is 0.412. The van der Waals surface area contributed by atoms with Crippen molar-refractivity contribution in [1.82, 2.24) is 10.2 Å². The monoisotopic (exact) mass is 530 g/mol. The summed E-state index contributed by atoms with van der Waals surface area (Å²) in [6, 6.07) is 9.44. The number of benzene rings is 2. The van der Waals surface area contributed by atoms with E-state index in [1.807, 2.05) is 10.8 Å². The molecule has 1 aliphatic rings. The Kier molecular flexibility index (Phi) is 6.86. The number of piperidine rings is 1. The Bertz CT molecular complexity index is 1290. The summed E-state index contributed by atoms with van der Waals surface area (Å²) < 4.78 is 106. The van der Waals surface area contributed by atoms with E-state index in [-0.39, 0.29) is 23.9 Å². The Hall–Kier alpha value is -3.35. The third-order valence-electron chi connectivity index (χ3n) is 5.63. The number of sulfonamides is 1. The van der Waals surface area contributed by atoms with Crippen molar-refractivity contribution in [2.45, 2.75) is 36.5 Å². The molecule has 0 unspecified atom stereocenters. The van der Waals surface area contributed by atoms with Crippen LogP contribution in [0, 0.1) is 0 Å². The molecular formula is C23H20F6N4O2S. The van der Waals surface area contributed by atoms with Crippen molar-refractivity contribution in [3.63, 3.8) is 0 Å². The summed E-state index contributed by atoms with van der Waals surface area (Å²) in [5.41, 5.74) is -2.39. The van der Waals surface area contributed by atoms with Gasteiger partial charge in [-0.1, -0.05) is 12.1 Å². The smallest absolute Gasteiger partial charge is 0.355 e. The maximum atomic E-state index is 13.1. The van der Waals surface area contributed by atoms with Gasteiger partial charge in [-0.05, 0) is 61.7 Å². The van der Waals surface area contributed by atoms with Gasteiger partial charge < -0.3 is 4.90 Å². The molecule has 0 bridgehead atoms. The molecule has 1 saturated heterocycles. The fraction of sp³-hybridized carbons (Fsp3) is 0.304. The lowest BCUT2D eigenvalue weighted by molar-refractivity contribution is -0.143. The average Bonchev–Trinajstić information content (AvgIpc) is 2.84. The molecular weight excluding hydrogens is 510 g/mol. The molecule has 3 aromatic rings. The van der Waals surface area contributed by atoms with Crippen LogP contribution < -0.4 is 9.62 Å². The SMILES string of the molecule is O=S(=O)(Nc1ccc(-c2ccc(N3CCCCC3)nn2)cc1)c1cc(C(F)(F)F)cc(C(F)(F)F)c1. The molecule has 1 N–H and O–H groups in total. The molecule has 2 heterocycles. The third kappa shape index (κ3) is 5.89. The van der Waals surface area contributed by atoms with Crippen molar-refractivity contribution < 1.29 is 34.8 Å². The molecule has 192 valence electrons. The minimum absolute atomic E-state index is 0.0531. The number of hydrogen-bond donors (Lipinski definition) is 1. The fourth-order valence-corrected chi connectivity index (χ4v) is 4.90. The minimum Gasteiger partial charge on any atom is -0.355 e. The van der Waals surface area contributed by atoms with Gasteiger partial charge >= 0.3 is 12.4 Å². The second-order valence-corrected chi connectivity index (χ2v) is 9.93. The number of aromatic nitrogens is 2. The van der Waals surface area contributed by atoms with E-state index < -0.39 is 38.4 Å². The van der Waals surface area contributed by atoms with Crippen molar-refractivity contribution in [1.29, 1.82) is 0 Å². The fourth-order valence-electron chi connectivity index (χ4n) is 3.78. The van der Waals surface area contributed by atoms with Crippen molar-refractivity contribution in [3.05, 3.63) is 65.7 Å². The van der Waals surface area contributed by atoms with E-state index in [4.69, 9.17) is 0 Å². The number of anilines is 2. The average molecular weight is 530 g/mol. The van der Waals surface area contributed by atoms with Gasteiger partial charge in [0.2, 0.25) is 0 Å². The molecule has 1 fully saturated rings. The first-order valence-electron chi connectivity index (χ1n) is 10.8. The summed E-state index contributed by atoms with van der Waals surface area (Å²) in [5.74, 6) is 0.752. The van der Waals surface area contributed by atoms with Crippen molar-refractivity contribution >= 4 is 21.5 Å². The Labute approximate surface area is 203 Å². The second kappa shape index (κ2) is 9.60. The van der Waals surface area contributed by atoms with Crippen molar-refractivity contribution in [2.75, 3.05) is 22.7 Å². The van der Waals surface area contributed by atoms with Crippen LogP contribution in [0.4, 0.5) is 37.8 Å². The number of rotatable bonds is 5.